The second kappa shape index (κ2) is 7.95. The molecule has 0 unspecified atom stereocenters. The summed E-state index contributed by atoms with van der Waals surface area (Å²) in [6.45, 7) is 6.98. The van der Waals surface area contributed by atoms with E-state index < -0.39 is 0 Å². The van der Waals surface area contributed by atoms with E-state index in [1.54, 1.807) is 6.92 Å². The van der Waals surface area contributed by atoms with Crippen molar-refractivity contribution in [2.45, 2.75) is 45.4 Å². The molecule has 0 saturated heterocycles. The number of nitrogens with one attached hydrogen (secondary N) is 1. The Balaban J connectivity index is 1.83. The van der Waals surface area contributed by atoms with Gasteiger partial charge in [0.25, 0.3) is 5.91 Å². The van der Waals surface area contributed by atoms with E-state index >= 15 is 0 Å². The van der Waals surface area contributed by atoms with Crippen molar-refractivity contribution in [3.8, 4) is 5.75 Å². The van der Waals surface area contributed by atoms with Crippen LogP contribution in [0.25, 0.3) is 0 Å². The Kier molecular flexibility index (Phi) is 5.64. The normalized spacial score (nSPS) is 13.0. The van der Waals surface area contributed by atoms with Crippen molar-refractivity contribution in [2.24, 2.45) is 0 Å². The van der Waals surface area contributed by atoms with Crippen LogP contribution in [0.4, 0.5) is 0 Å². The van der Waals surface area contributed by atoms with Crippen LogP contribution < -0.4 is 10.1 Å². The zero-order valence-electron chi connectivity index (χ0n) is 16.3. The molecule has 1 N–H and O–H groups in total. The molecule has 2 aromatic carbocycles. The van der Waals surface area contributed by atoms with Crippen LogP contribution in [0.3, 0.4) is 0 Å². The molecule has 0 aliphatic carbocycles. The summed E-state index contributed by atoms with van der Waals surface area (Å²) in [4.78, 5) is 24.6. The van der Waals surface area contributed by atoms with E-state index in [1.165, 1.54) is 0 Å². The van der Waals surface area contributed by atoms with Crippen LogP contribution in [-0.4, -0.2) is 24.8 Å². The fourth-order valence-electron chi connectivity index (χ4n) is 3.82. The van der Waals surface area contributed by atoms with Crippen LogP contribution in [-0.2, 0) is 11.8 Å². The van der Waals surface area contributed by atoms with E-state index in [0.717, 1.165) is 30.4 Å². The highest BCUT2D eigenvalue weighted by atomic mass is 16.5. The predicted molar refractivity (Wildman–Crippen MR) is 107 cm³/mol. The molecule has 142 valence electrons. The second-order valence-corrected chi connectivity index (χ2v) is 7.20. The second-order valence-electron chi connectivity index (χ2n) is 7.20. The van der Waals surface area contributed by atoms with Gasteiger partial charge in [0.2, 0.25) is 0 Å². The molecule has 0 aromatic heterocycles. The van der Waals surface area contributed by atoms with Gasteiger partial charge in [-0.25, -0.2) is 0 Å². The van der Waals surface area contributed by atoms with Gasteiger partial charge < -0.3 is 10.1 Å². The van der Waals surface area contributed by atoms with Gasteiger partial charge >= 0.3 is 0 Å². The van der Waals surface area contributed by atoms with Gasteiger partial charge in [0, 0.05) is 23.9 Å². The molecule has 4 nitrogen and oxygen atoms in total. The third-order valence-electron chi connectivity index (χ3n) is 5.78. The molecule has 1 amide bonds. The number of ketones is 1. The monoisotopic (exact) mass is 365 g/mol. The van der Waals surface area contributed by atoms with Crippen molar-refractivity contribution in [1.29, 1.82) is 0 Å². The molecule has 3 rings (SSSR count). The standard InChI is InChI=1S/C23H27NO3/c1-4-23(5-2,19-10-6-9-18(14-19)16(3)25)15-24-22(26)20-11-7-8-17-12-13-27-21(17)20/h6-11,14H,4-5,12-13,15H2,1-3H3,(H,24,26). The highest BCUT2D eigenvalue weighted by Gasteiger charge is 2.30. The fraction of sp³-hybridized carbons (Fsp3) is 0.391. The molecular weight excluding hydrogens is 338 g/mol. The van der Waals surface area contributed by atoms with Crippen molar-refractivity contribution >= 4 is 11.7 Å². The van der Waals surface area contributed by atoms with Crippen LogP contribution in [0.2, 0.25) is 0 Å². The van der Waals surface area contributed by atoms with Gasteiger partial charge in [-0.3, -0.25) is 9.59 Å². The van der Waals surface area contributed by atoms with E-state index in [1.807, 2.05) is 36.4 Å². The molecule has 4 heteroatoms. The highest BCUT2D eigenvalue weighted by Crippen LogP contribution is 2.33. The number of hydrogen-bond acceptors (Lipinski definition) is 3. The predicted octanol–water partition coefficient (Wildman–Crippen LogP) is 4.31. The Morgan fingerprint density at radius 2 is 1.85 bits per heavy atom. The number of para-hydroxylation sites is 1. The summed E-state index contributed by atoms with van der Waals surface area (Å²) < 4.78 is 5.66. The first-order valence-electron chi connectivity index (χ1n) is 9.65. The van der Waals surface area contributed by atoms with Gasteiger partial charge in [0.15, 0.2) is 5.78 Å². The Morgan fingerprint density at radius 1 is 1.11 bits per heavy atom. The zero-order valence-corrected chi connectivity index (χ0v) is 16.3. The van der Waals surface area contributed by atoms with Crippen molar-refractivity contribution in [2.75, 3.05) is 13.2 Å². The molecule has 0 bridgehead atoms. The lowest BCUT2D eigenvalue weighted by Crippen LogP contribution is -2.40. The molecule has 0 spiro atoms. The number of ether oxygens (including phenoxy) is 1. The third-order valence-corrected chi connectivity index (χ3v) is 5.78. The maximum Gasteiger partial charge on any atom is 0.255 e. The summed E-state index contributed by atoms with van der Waals surface area (Å²) >= 11 is 0. The SMILES string of the molecule is CCC(CC)(CNC(=O)c1cccc2c1OCC2)c1cccc(C(C)=O)c1. The first kappa shape index (κ1) is 19.2. The molecule has 1 aliphatic rings. The molecule has 27 heavy (non-hydrogen) atoms. The molecule has 0 saturated carbocycles. The van der Waals surface area contributed by atoms with Gasteiger partial charge in [-0.05, 0) is 43.0 Å². The number of carbonyl (C=O) groups is 2. The van der Waals surface area contributed by atoms with Crippen molar-refractivity contribution in [3.05, 3.63) is 64.7 Å². The summed E-state index contributed by atoms with van der Waals surface area (Å²) in [6.07, 6.45) is 2.59. The molecule has 0 radical (unpaired) electrons. The lowest BCUT2D eigenvalue weighted by molar-refractivity contribution is 0.0937. The largest absolute Gasteiger partial charge is 0.492 e. The first-order valence-corrected chi connectivity index (χ1v) is 9.65. The van der Waals surface area contributed by atoms with Gasteiger partial charge in [0.05, 0.1) is 12.2 Å². The van der Waals surface area contributed by atoms with Crippen molar-refractivity contribution in [1.82, 2.24) is 5.32 Å². The number of benzene rings is 2. The molecular formula is C23H27NO3. The summed E-state index contributed by atoms with van der Waals surface area (Å²) in [5.74, 6) is 0.661. The molecule has 0 fully saturated rings. The quantitative estimate of drug-likeness (QED) is 0.744. The lowest BCUT2D eigenvalue weighted by Gasteiger charge is -2.33. The number of amides is 1. The smallest absolute Gasteiger partial charge is 0.255 e. The van der Waals surface area contributed by atoms with Crippen LogP contribution in [0.5, 0.6) is 5.75 Å². The van der Waals surface area contributed by atoms with Gasteiger partial charge in [-0.2, -0.15) is 0 Å². The Labute approximate surface area is 160 Å². The minimum Gasteiger partial charge on any atom is -0.492 e. The van der Waals surface area contributed by atoms with E-state index in [4.69, 9.17) is 4.74 Å². The lowest BCUT2D eigenvalue weighted by atomic mass is 9.75. The minimum atomic E-state index is -0.208. The Hall–Kier alpha value is -2.62. The fourth-order valence-corrected chi connectivity index (χ4v) is 3.82. The number of fused-ring (bicyclic) bond motifs is 1. The maximum absolute atomic E-state index is 12.8. The third kappa shape index (κ3) is 3.75. The molecule has 1 aliphatic heterocycles. The van der Waals surface area contributed by atoms with Crippen molar-refractivity contribution < 1.29 is 14.3 Å². The van der Waals surface area contributed by atoms with Crippen LogP contribution in [0.15, 0.2) is 42.5 Å². The van der Waals surface area contributed by atoms with Crippen LogP contribution in [0, 0.1) is 0 Å². The van der Waals surface area contributed by atoms with Gasteiger partial charge in [-0.15, -0.1) is 0 Å². The highest BCUT2D eigenvalue weighted by molar-refractivity contribution is 5.97. The average Bonchev–Trinajstić information content (AvgIpc) is 3.18. The van der Waals surface area contributed by atoms with Gasteiger partial charge in [-0.1, -0.05) is 44.2 Å². The maximum atomic E-state index is 12.8. The summed E-state index contributed by atoms with van der Waals surface area (Å²) in [5.41, 5.74) is 3.28. The van der Waals surface area contributed by atoms with Crippen LogP contribution >= 0.6 is 0 Å². The molecule has 0 atom stereocenters. The van der Waals surface area contributed by atoms with E-state index in [2.05, 4.69) is 25.2 Å². The van der Waals surface area contributed by atoms with Crippen molar-refractivity contribution in [3.63, 3.8) is 0 Å². The Bertz CT molecular complexity index is 852. The van der Waals surface area contributed by atoms with E-state index in [0.29, 0.717) is 30.0 Å². The average molecular weight is 365 g/mol. The number of rotatable bonds is 7. The Morgan fingerprint density at radius 3 is 2.56 bits per heavy atom. The first-order chi connectivity index (χ1) is 13.0. The summed E-state index contributed by atoms with van der Waals surface area (Å²) in [6, 6.07) is 13.5. The van der Waals surface area contributed by atoms with E-state index in [-0.39, 0.29) is 17.1 Å². The van der Waals surface area contributed by atoms with Crippen LogP contribution in [0.1, 0.15) is 65.5 Å². The zero-order chi connectivity index (χ0) is 19.4. The number of hydrogen-bond donors (Lipinski definition) is 1. The topological polar surface area (TPSA) is 55.4 Å². The minimum absolute atomic E-state index is 0.0546. The van der Waals surface area contributed by atoms with Gasteiger partial charge in [0.1, 0.15) is 5.75 Å². The van der Waals surface area contributed by atoms with E-state index in [9.17, 15) is 9.59 Å². The number of carbonyl (C=O) groups excluding carboxylic acids is 2. The summed E-state index contributed by atoms with van der Waals surface area (Å²) in [5, 5.41) is 3.11. The molecule has 2 aromatic rings. The molecule has 1 heterocycles. The summed E-state index contributed by atoms with van der Waals surface area (Å²) in [7, 11) is 0. The number of Topliss-reactive ketones (excluding diaryl/α,β-unsaturated/α-hetero) is 1.